The Hall–Kier alpha value is -3.63. The molecule has 0 aliphatic carbocycles. The van der Waals surface area contributed by atoms with E-state index in [2.05, 4.69) is 5.32 Å². The monoisotopic (exact) mass is 394 g/mol. The number of nitrogens with zero attached hydrogens (tertiary/aromatic N) is 1. The molecule has 0 atom stereocenters. The van der Waals surface area contributed by atoms with Crippen molar-refractivity contribution in [2.24, 2.45) is 0 Å². The van der Waals surface area contributed by atoms with E-state index in [0.717, 1.165) is 5.56 Å². The molecule has 2 rings (SSSR count). The van der Waals surface area contributed by atoms with Crippen LogP contribution in [-0.2, 0) is 14.3 Å². The van der Waals surface area contributed by atoms with Crippen LogP contribution in [0.4, 0.5) is 0 Å². The minimum atomic E-state index is -0.537. The first-order chi connectivity index (χ1) is 14.0. The van der Waals surface area contributed by atoms with E-state index in [4.69, 9.17) is 19.5 Å². The van der Waals surface area contributed by atoms with Crippen molar-refractivity contribution in [3.8, 4) is 17.6 Å². The van der Waals surface area contributed by atoms with Crippen LogP contribution in [0.1, 0.15) is 11.1 Å². The van der Waals surface area contributed by atoms with Crippen molar-refractivity contribution >= 4 is 18.0 Å². The molecule has 0 radical (unpaired) electrons. The third-order valence-electron chi connectivity index (χ3n) is 3.73. The van der Waals surface area contributed by atoms with Gasteiger partial charge in [0, 0.05) is 13.7 Å². The molecular formula is C22H22N2O5. The third-order valence-corrected chi connectivity index (χ3v) is 3.73. The Morgan fingerprint density at radius 2 is 1.90 bits per heavy atom. The molecule has 29 heavy (non-hydrogen) atoms. The van der Waals surface area contributed by atoms with Gasteiger partial charge < -0.3 is 19.5 Å². The van der Waals surface area contributed by atoms with Crippen LogP contribution in [0.2, 0.25) is 0 Å². The van der Waals surface area contributed by atoms with Gasteiger partial charge in [0.15, 0.2) is 6.61 Å². The normalized spacial score (nSPS) is 10.7. The molecule has 0 unspecified atom stereocenters. The standard InChI is InChI=1S/C22H22N2O5/c1-16-4-3-5-20(12-16)28-15-21(25)29-19-8-6-17(7-9-19)13-18(14-23)22(26)24-10-11-27-2/h3-9,12-13H,10-11,15H2,1-2H3,(H,24,26)/b18-13+. The number of rotatable bonds is 9. The average Bonchev–Trinajstić information content (AvgIpc) is 2.72. The molecule has 7 heteroatoms. The number of nitrogens with one attached hydrogen (secondary N) is 1. The predicted octanol–water partition coefficient (Wildman–Crippen LogP) is 2.65. The number of benzene rings is 2. The number of hydrogen-bond acceptors (Lipinski definition) is 6. The van der Waals surface area contributed by atoms with E-state index in [0.29, 0.717) is 30.2 Å². The molecule has 0 aromatic heterocycles. The summed E-state index contributed by atoms with van der Waals surface area (Å²) in [6.45, 7) is 2.39. The van der Waals surface area contributed by atoms with Crippen molar-refractivity contribution in [1.29, 1.82) is 5.26 Å². The molecule has 0 bridgehead atoms. The van der Waals surface area contributed by atoms with Gasteiger partial charge in [-0.05, 0) is 48.4 Å². The van der Waals surface area contributed by atoms with E-state index < -0.39 is 11.9 Å². The minimum Gasteiger partial charge on any atom is -0.482 e. The van der Waals surface area contributed by atoms with Crippen LogP contribution in [0.25, 0.3) is 6.08 Å². The van der Waals surface area contributed by atoms with Crippen molar-refractivity contribution in [2.75, 3.05) is 26.9 Å². The Labute approximate surface area is 169 Å². The highest BCUT2D eigenvalue weighted by molar-refractivity contribution is 6.01. The first-order valence-corrected chi connectivity index (χ1v) is 8.91. The summed E-state index contributed by atoms with van der Waals surface area (Å²) >= 11 is 0. The molecule has 1 N–H and O–H groups in total. The highest BCUT2D eigenvalue weighted by Gasteiger charge is 2.09. The first kappa shape index (κ1) is 21.7. The summed E-state index contributed by atoms with van der Waals surface area (Å²) in [6, 6.07) is 15.7. The van der Waals surface area contributed by atoms with Gasteiger partial charge in [0.1, 0.15) is 23.1 Å². The Bertz CT molecular complexity index is 914. The van der Waals surface area contributed by atoms with Gasteiger partial charge in [0.05, 0.1) is 6.61 Å². The van der Waals surface area contributed by atoms with E-state index in [-0.39, 0.29) is 12.2 Å². The second-order valence-corrected chi connectivity index (χ2v) is 6.07. The number of amides is 1. The van der Waals surface area contributed by atoms with Gasteiger partial charge in [-0.1, -0.05) is 24.3 Å². The lowest BCUT2D eigenvalue weighted by Crippen LogP contribution is -2.27. The van der Waals surface area contributed by atoms with Crippen LogP contribution in [0.5, 0.6) is 11.5 Å². The van der Waals surface area contributed by atoms with Crippen molar-refractivity contribution in [3.63, 3.8) is 0 Å². The van der Waals surface area contributed by atoms with E-state index in [1.807, 2.05) is 31.2 Å². The van der Waals surface area contributed by atoms with Crippen molar-refractivity contribution < 1.29 is 23.8 Å². The lowest BCUT2D eigenvalue weighted by molar-refractivity contribution is -0.136. The number of methoxy groups -OCH3 is 1. The summed E-state index contributed by atoms with van der Waals surface area (Å²) in [7, 11) is 1.52. The fourth-order valence-corrected chi connectivity index (χ4v) is 2.32. The zero-order chi connectivity index (χ0) is 21.1. The van der Waals surface area contributed by atoms with Crippen LogP contribution in [-0.4, -0.2) is 38.7 Å². The van der Waals surface area contributed by atoms with Crippen LogP contribution >= 0.6 is 0 Å². The third kappa shape index (κ3) is 7.48. The van der Waals surface area contributed by atoms with Gasteiger partial charge in [-0.3, -0.25) is 4.79 Å². The summed E-state index contributed by atoms with van der Waals surface area (Å²) in [5, 5.41) is 11.7. The van der Waals surface area contributed by atoms with Crippen LogP contribution < -0.4 is 14.8 Å². The smallest absolute Gasteiger partial charge is 0.349 e. The zero-order valence-electron chi connectivity index (χ0n) is 16.3. The molecule has 150 valence electrons. The number of nitriles is 1. The van der Waals surface area contributed by atoms with Crippen LogP contribution in [0, 0.1) is 18.3 Å². The molecule has 0 fully saturated rings. The summed E-state index contributed by atoms with van der Waals surface area (Å²) in [6.07, 6.45) is 1.45. The molecule has 2 aromatic rings. The molecular weight excluding hydrogens is 372 g/mol. The summed E-state index contributed by atoms with van der Waals surface area (Å²) < 4.78 is 15.5. The van der Waals surface area contributed by atoms with Gasteiger partial charge in [-0.2, -0.15) is 5.26 Å². The largest absolute Gasteiger partial charge is 0.482 e. The molecule has 0 aliphatic heterocycles. The van der Waals surface area contributed by atoms with Gasteiger partial charge in [-0.25, -0.2) is 4.79 Å². The highest BCUT2D eigenvalue weighted by Crippen LogP contribution is 2.16. The minimum absolute atomic E-state index is 0.0302. The predicted molar refractivity (Wildman–Crippen MR) is 107 cm³/mol. The molecule has 0 saturated carbocycles. The summed E-state index contributed by atoms with van der Waals surface area (Å²) in [4.78, 5) is 23.9. The molecule has 0 spiro atoms. The van der Waals surface area contributed by atoms with Crippen LogP contribution in [0.15, 0.2) is 54.1 Å². The summed E-state index contributed by atoms with van der Waals surface area (Å²) in [5.41, 5.74) is 1.63. The fourth-order valence-electron chi connectivity index (χ4n) is 2.32. The van der Waals surface area contributed by atoms with E-state index in [1.165, 1.54) is 13.2 Å². The molecule has 0 saturated heterocycles. The van der Waals surface area contributed by atoms with E-state index in [1.54, 1.807) is 30.3 Å². The number of ether oxygens (including phenoxy) is 3. The molecule has 1 amide bonds. The van der Waals surface area contributed by atoms with Gasteiger partial charge >= 0.3 is 5.97 Å². The average molecular weight is 394 g/mol. The van der Waals surface area contributed by atoms with Crippen molar-refractivity contribution in [2.45, 2.75) is 6.92 Å². The molecule has 7 nitrogen and oxygen atoms in total. The maximum atomic E-state index is 11.9. The van der Waals surface area contributed by atoms with Gasteiger partial charge in [-0.15, -0.1) is 0 Å². The Morgan fingerprint density at radius 1 is 1.14 bits per heavy atom. The zero-order valence-corrected chi connectivity index (χ0v) is 16.3. The maximum absolute atomic E-state index is 11.9. The van der Waals surface area contributed by atoms with Gasteiger partial charge in [0.2, 0.25) is 0 Å². The Kier molecular flexibility index (Phi) is 8.42. The van der Waals surface area contributed by atoms with Crippen molar-refractivity contribution in [3.05, 3.63) is 65.2 Å². The lowest BCUT2D eigenvalue weighted by atomic mass is 10.1. The second-order valence-electron chi connectivity index (χ2n) is 6.07. The topological polar surface area (TPSA) is 97.6 Å². The number of carbonyl (C=O) groups excluding carboxylic acids is 2. The fraction of sp³-hybridized carbons (Fsp3) is 0.227. The van der Waals surface area contributed by atoms with Crippen molar-refractivity contribution in [1.82, 2.24) is 5.32 Å². The number of esters is 1. The Balaban J connectivity index is 1.90. The second kappa shape index (κ2) is 11.3. The lowest BCUT2D eigenvalue weighted by Gasteiger charge is -2.07. The highest BCUT2D eigenvalue weighted by atomic mass is 16.6. The molecule has 2 aromatic carbocycles. The Morgan fingerprint density at radius 3 is 2.55 bits per heavy atom. The molecule has 0 heterocycles. The first-order valence-electron chi connectivity index (χ1n) is 8.91. The SMILES string of the molecule is COCCNC(=O)/C(C#N)=C/c1ccc(OC(=O)COc2cccc(C)c2)cc1. The summed E-state index contributed by atoms with van der Waals surface area (Å²) in [5.74, 6) is -0.0864. The number of hydrogen-bond donors (Lipinski definition) is 1. The van der Waals surface area contributed by atoms with E-state index >= 15 is 0 Å². The van der Waals surface area contributed by atoms with Crippen LogP contribution in [0.3, 0.4) is 0 Å². The maximum Gasteiger partial charge on any atom is 0.349 e. The number of aryl methyl sites for hydroxylation is 1. The quantitative estimate of drug-likeness (QED) is 0.231. The van der Waals surface area contributed by atoms with Gasteiger partial charge in [0.25, 0.3) is 5.91 Å². The molecule has 0 aliphatic rings. The van der Waals surface area contributed by atoms with E-state index in [9.17, 15) is 9.59 Å². The number of carbonyl (C=O) groups is 2.